The van der Waals surface area contributed by atoms with E-state index in [1.807, 2.05) is 39.0 Å². The Morgan fingerprint density at radius 1 is 1.30 bits per heavy atom. The minimum Gasteiger partial charge on any atom is -0.299 e. The predicted octanol–water partition coefficient (Wildman–Crippen LogP) is 0.802. The number of H-pyrrole nitrogens is 1. The minimum atomic E-state index is -0.488. The Morgan fingerprint density at radius 2 is 2.04 bits per heavy atom. The number of allylic oxidation sites excluding steroid dienone is 2. The molecule has 23 heavy (non-hydrogen) atoms. The van der Waals surface area contributed by atoms with Crippen LogP contribution in [0.15, 0.2) is 27.8 Å². The van der Waals surface area contributed by atoms with Gasteiger partial charge in [0.15, 0.2) is 11.2 Å². The van der Waals surface area contributed by atoms with E-state index in [-0.39, 0.29) is 0 Å². The van der Waals surface area contributed by atoms with Crippen molar-refractivity contribution < 1.29 is 0 Å². The average Bonchev–Trinajstić information content (AvgIpc) is 3.02. The van der Waals surface area contributed by atoms with Crippen LogP contribution in [0.2, 0.25) is 0 Å². The Bertz CT molecular complexity index is 1030. The zero-order chi connectivity index (χ0) is 16.7. The van der Waals surface area contributed by atoms with Crippen molar-refractivity contribution in [3.8, 4) is 5.95 Å². The number of aromatic amines is 1. The van der Waals surface area contributed by atoms with E-state index in [1.165, 1.54) is 4.57 Å². The van der Waals surface area contributed by atoms with Crippen LogP contribution in [0.5, 0.6) is 0 Å². The van der Waals surface area contributed by atoms with Gasteiger partial charge < -0.3 is 0 Å². The summed E-state index contributed by atoms with van der Waals surface area (Å²) in [6, 6.07) is 1.93. The molecule has 0 amide bonds. The molecule has 0 spiro atoms. The molecule has 0 unspecified atom stereocenters. The van der Waals surface area contributed by atoms with Crippen molar-refractivity contribution >= 4 is 11.2 Å². The van der Waals surface area contributed by atoms with Crippen LogP contribution in [0.25, 0.3) is 17.1 Å². The number of rotatable bonds is 3. The molecule has 3 aromatic heterocycles. The molecule has 8 heteroatoms. The van der Waals surface area contributed by atoms with Gasteiger partial charge in [-0.05, 0) is 26.8 Å². The van der Waals surface area contributed by atoms with Gasteiger partial charge in [-0.15, -0.1) is 0 Å². The quantitative estimate of drug-likeness (QED) is 0.724. The monoisotopic (exact) mass is 314 g/mol. The van der Waals surface area contributed by atoms with Gasteiger partial charge in [-0.25, -0.2) is 9.48 Å². The molecule has 0 atom stereocenters. The molecule has 3 heterocycles. The van der Waals surface area contributed by atoms with Crippen LogP contribution in [0.4, 0.5) is 0 Å². The number of fused-ring (bicyclic) bond motifs is 1. The van der Waals surface area contributed by atoms with Crippen molar-refractivity contribution in [2.45, 2.75) is 27.3 Å². The van der Waals surface area contributed by atoms with Gasteiger partial charge in [0.05, 0.1) is 5.69 Å². The molecule has 8 nitrogen and oxygen atoms in total. The molecule has 3 rings (SSSR count). The summed E-state index contributed by atoms with van der Waals surface area (Å²) < 4.78 is 4.77. The largest absolute Gasteiger partial charge is 0.329 e. The predicted molar refractivity (Wildman–Crippen MR) is 87.0 cm³/mol. The summed E-state index contributed by atoms with van der Waals surface area (Å²) >= 11 is 0. The first-order valence-electron chi connectivity index (χ1n) is 7.28. The molecule has 0 saturated carbocycles. The Kier molecular flexibility index (Phi) is 3.51. The van der Waals surface area contributed by atoms with Crippen molar-refractivity contribution in [3.05, 3.63) is 50.4 Å². The average molecular weight is 314 g/mol. The number of nitrogens with zero attached hydrogens (tertiary/aromatic N) is 5. The van der Waals surface area contributed by atoms with Gasteiger partial charge in [0.2, 0.25) is 5.95 Å². The molecule has 1 N–H and O–H groups in total. The number of nitrogens with one attached hydrogen (secondary N) is 1. The highest BCUT2D eigenvalue weighted by molar-refractivity contribution is 5.72. The fourth-order valence-electron chi connectivity index (χ4n) is 2.60. The van der Waals surface area contributed by atoms with E-state index in [2.05, 4.69) is 15.1 Å². The molecular weight excluding hydrogens is 296 g/mol. The summed E-state index contributed by atoms with van der Waals surface area (Å²) in [6.45, 7) is 6.18. The third kappa shape index (κ3) is 2.32. The summed E-state index contributed by atoms with van der Waals surface area (Å²) in [5.41, 5.74) is 1.51. The van der Waals surface area contributed by atoms with Crippen molar-refractivity contribution in [1.82, 2.24) is 28.9 Å². The third-order valence-electron chi connectivity index (χ3n) is 3.71. The lowest BCUT2D eigenvalue weighted by molar-refractivity contribution is 0.708. The first kappa shape index (κ1) is 15.0. The van der Waals surface area contributed by atoms with Gasteiger partial charge in [-0.2, -0.15) is 10.1 Å². The SMILES string of the molecule is CC=CCn1c(-n2nc(C)cc2C)nc2c1c(=O)[nH]c(=O)n2C. The van der Waals surface area contributed by atoms with Crippen LogP contribution in [0.3, 0.4) is 0 Å². The van der Waals surface area contributed by atoms with Crippen LogP contribution < -0.4 is 11.2 Å². The van der Waals surface area contributed by atoms with E-state index in [0.29, 0.717) is 23.7 Å². The van der Waals surface area contributed by atoms with E-state index >= 15 is 0 Å². The maximum absolute atomic E-state index is 12.3. The zero-order valence-electron chi connectivity index (χ0n) is 13.5. The third-order valence-corrected chi connectivity index (χ3v) is 3.71. The van der Waals surface area contributed by atoms with E-state index in [1.54, 1.807) is 16.3 Å². The molecule has 0 aliphatic rings. The highest BCUT2D eigenvalue weighted by Gasteiger charge is 2.19. The Hall–Kier alpha value is -2.90. The van der Waals surface area contributed by atoms with Crippen molar-refractivity contribution in [1.29, 1.82) is 0 Å². The Labute approximate surface area is 131 Å². The van der Waals surface area contributed by atoms with Gasteiger partial charge in [0, 0.05) is 19.3 Å². The van der Waals surface area contributed by atoms with Gasteiger partial charge in [0.25, 0.3) is 5.56 Å². The molecule has 3 aromatic rings. The summed E-state index contributed by atoms with van der Waals surface area (Å²) in [5, 5.41) is 4.44. The molecule has 0 fully saturated rings. The lowest BCUT2D eigenvalue weighted by Crippen LogP contribution is -2.29. The first-order valence-corrected chi connectivity index (χ1v) is 7.28. The number of hydrogen-bond acceptors (Lipinski definition) is 4. The van der Waals surface area contributed by atoms with E-state index in [9.17, 15) is 9.59 Å². The van der Waals surface area contributed by atoms with Gasteiger partial charge >= 0.3 is 5.69 Å². The van der Waals surface area contributed by atoms with Gasteiger partial charge in [-0.1, -0.05) is 12.2 Å². The standard InChI is InChI=1S/C15H18N6O2/c1-5-6-7-20-11-12(19(4)15(23)17-13(11)22)16-14(20)21-10(3)8-9(2)18-21/h5-6,8H,7H2,1-4H3,(H,17,22,23). The van der Waals surface area contributed by atoms with Crippen molar-refractivity contribution in [2.24, 2.45) is 7.05 Å². The van der Waals surface area contributed by atoms with Crippen LogP contribution in [-0.4, -0.2) is 28.9 Å². The van der Waals surface area contributed by atoms with E-state index < -0.39 is 11.2 Å². The summed E-state index contributed by atoms with van der Waals surface area (Å²) in [6.07, 6.45) is 3.81. The molecule has 0 radical (unpaired) electrons. The maximum atomic E-state index is 12.3. The topological polar surface area (TPSA) is 90.5 Å². The fourth-order valence-corrected chi connectivity index (χ4v) is 2.60. The highest BCUT2D eigenvalue weighted by atomic mass is 16.2. The zero-order valence-corrected chi connectivity index (χ0v) is 13.5. The first-order chi connectivity index (χ1) is 10.9. The smallest absolute Gasteiger partial charge is 0.299 e. The summed E-state index contributed by atoms with van der Waals surface area (Å²) in [7, 11) is 1.58. The molecule has 0 bridgehead atoms. The lowest BCUT2D eigenvalue weighted by Gasteiger charge is -2.07. The van der Waals surface area contributed by atoms with Gasteiger partial charge in [-0.3, -0.25) is 18.9 Å². The maximum Gasteiger partial charge on any atom is 0.329 e. The molecule has 120 valence electrons. The fraction of sp³-hybridized carbons (Fsp3) is 0.333. The van der Waals surface area contributed by atoms with Crippen LogP contribution >= 0.6 is 0 Å². The number of aryl methyl sites for hydroxylation is 3. The van der Waals surface area contributed by atoms with Crippen LogP contribution in [0, 0.1) is 13.8 Å². The normalized spacial score (nSPS) is 11.8. The highest BCUT2D eigenvalue weighted by Crippen LogP contribution is 2.17. The van der Waals surface area contributed by atoms with Crippen LogP contribution in [0.1, 0.15) is 18.3 Å². The Balaban J connectivity index is 2.44. The number of aromatic nitrogens is 6. The second-order valence-corrected chi connectivity index (χ2v) is 5.42. The molecule has 0 aromatic carbocycles. The number of imidazole rings is 1. The second-order valence-electron chi connectivity index (χ2n) is 5.42. The second kappa shape index (κ2) is 5.38. The Morgan fingerprint density at radius 3 is 2.65 bits per heavy atom. The number of hydrogen-bond donors (Lipinski definition) is 1. The molecule has 0 aliphatic carbocycles. The molecule has 0 aliphatic heterocycles. The van der Waals surface area contributed by atoms with E-state index in [0.717, 1.165) is 11.4 Å². The van der Waals surface area contributed by atoms with Crippen LogP contribution in [-0.2, 0) is 13.6 Å². The van der Waals surface area contributed by atoms with Gasteiger partial charge in [0.1, 0.15) is 0 Å². The van der Waals surface area contributed by atoms with E-state index in [4.69, 9.17) is 0 Å². The molecule has 0 saturated heterocycles. The minimum absolute atomic E-state index is 0.339. The summed E-state index contributed by atoms with van der Waals surface area (Å²) in [4.78, 5) is 30.9. The summed E-state index contributed by atoms with van der Waals surface area (Å²) in [5.74, 6) is 0.510. The van der Waals surface area contributed by atoms with Crippen molar-refractivity contribution in [2.75, 3.05) is 0 Å². The van der Waals surface area contributed by atoms with Crippen molar-refractivity contribution in [3.63, 3.8) is 0 Å². The lowest BCUT2D eigenvalue weighted by atomic mass is 10.4. The molecular formula is C15H18N6O2.